The van der Waals surface area contributed by atoms with Crippen LogP contribution < -0.4 is 11.1 Å². The van der Waals surface area contributed by atoms with Gasteiger partial charge in [0.15, 0.2) is 0 Å². The minimum absolute atomic E-state index is 0.295. The van der Waals surface area contributed by atoms with Gasteiger partial charge in [0.25, 0.3) is 0 Å². The second-order valence-corrected chi connectivity index (χ2v) is 5.18. The van der Waals surface area contributed by atoms with Gasteiger partial charge in [-0.1, -0.05) is 36.3 Å². The molecule has 2 atom stereocenters. The number of rotatable bonds is 5. The summed E-state index contributed by atoms with van der Waals surface area (Å²) in [6, 6.07) is 7.90. The minimum atomic E-state index is -0.853. The van der Waals surface area contributed by atoms with Gasteiger partial charge in [-0.15, -0.1) is 0 Å². The van der Waals surface area contributed by atoms with Crippen LogP contribution in [0.3, 0.4) is 0 Å². The topological polar surface area (TPSA) is 104 Å². The maximum absolute atomic E-state index is 12.1. The monoisotopic (exact) mass is 273 g/mol. The lowest BCUT2D eigenvalue weighted by Crippen LogP contribution is -2.55. The van der Waals surface area contributed by atoms with Gasteiger partial charge in [-0.2, -0.15) is 0 Å². The maximum Gasteiger partial charge on any atom is 0.242 e. The number of azide groups is 1. The highest BCUT2D eigenvalue weighted by atomic mass is 16.1. The lowest BCUT2D eigenvalue weighted by molar-refractivity contribution is -0.125. The zero-order valence-corrected chi connectivity index (χ0v) is 11.5. The number of hydrogen-bond acceptors (Lipinski definition) is 3. The van der Waals surface area contributed by atoms with E-state index in [1.165, 1.54) is 0 Å². The predicted octanol–water partition coefficient (Wildman–Crippen LogP) is 2.16. The largest absolute Gasteiger partial charge is 0.368 e. The molecule has 1 amide bonds. The van der Waals surface area contributed by atoms with Crippen molar-refractivity contribution in [3.05, 3.63) is 45.8 Å². The van der Waals surface area contributed by atoms with Crippen molar-refractivity contribution in [2.75, 3.05) is 13.1 Å². The molecule has 1 aliphatic carbocycles. The number of nitrogens with one attached hydrogen (secondary N) is 1. The van der Waals surface area contributed by atoms with Crippen molar-refractivity contribution in [1.82, 2.24) is 5.32 Å². The number of nitrogens with zero attached hydrogens (tertiary/aromatic N) is 3. The molecule has 1 aromatic rings. The van der Waals surface area contributed by atoms with Gasteiger partial charge >= 0.3 is 0 Å². The van der Waals surface area contributed by atoms with Crippen LogP contribution in [0.4, 0.5) is 0 Å². The SMILES string of the molecule is CC1CCC(NCCN=[N+]=[N-])(C(N)=O)c2ccccc21. The Bertz CT molecular complexity index is 552. The molecule has 0 spiro atoms. The number of carbonyl (C=O) groups excluding carboxylic acids is 1. The van der Waals surface area contributed by atoms with Crippen molar-refractivity contribution in [2.45, 2.75) is 31.2 Å². The van der Waals surface area contributed by atoms with Crippen LogP contribution in [-0.2, 0) is 10.3 Å². The minimum Gasteiger partial charge on any atom is -0.368 e. The Hall–Kier alpha value is -2.04. The molecule has 2 unspecified atom stereocenters. The molecule has 0 heterocycles. The van der Waals surface area contributed by atoms with E-state index in [2.05, 4.69) is 22.3 Å². The average molecular weight is 273 g/mol. The predicted molar refractivity (Wildman–Crippen MR) is 77.0 cm³/mol. The van der Waals surface area contributed by atoms with Gasteiger partial charge in [-0.05, 0) is 35.4 Å². The summed E-state index contributed by atoms with van der Waals surface area (Å²) in [6.07, 6.45) is 1.56. The number of fused-ring (bicyclic) bond motifs is 1. The first-order valence-corrected chi connectivity index (χ1v) is 6.77. The second kappa shape index (κ2) is 5.94. The first kappa shape index (κ1) is 14.4. The normalized spacial score (nSPS) is 24.6. The summed E-state index contributed by atoms with van der Waals surface area (Å²) in [5.74, 6) is 0.0374. The Kier molecular flexibility index (Phi) is 4.27. The van der Waals surface area contributed by atoms with E-state index in [1.54, 1.807) is 0 Å². The number of nitrogens with two attached hydrogens (primary N) is 1. The molecule has 0 aliphatic heterocycles. The molecule has 0 saturated carbocycles. The van der Waals surface area contributed by atoms with Crippen LogP contribution in [0, 0.1) is 0 Å². The third-order valence-electron chi connectivity index (χ3n) is 4.03. The van der Waals surface area contributed by atoms with Crippen LogP contribution in [0.15, 0.2) is 29.4 Å². The molecule has 6 heteroatoms. The maximum atomic E-state index is 12.1. The number of amides is 1. The van der Waals surface area contributed by atoms with Gasteiger partial charge < -0.3 is 5.73 Å². The van der Waals surface area contributed by atoms with Crippen molar-refractivity contribution >= 4 is 5.91 Å². The van der Waals surface area contributed by atoms with E-state index in [-0.39, 0.29) is 5.91 Å². The summed E-state index contributed by atoms with van der Waals surface area (Å²) in [7, 11) is 0. The highest BCUT2D eigenvalue weighted by Crippen LogP contribution is 2.40. The van der Waals surface area contributed by atoms with Gasteiger partial charge in [0.2, 0.25) is 5.91 Å². The standard InChI is InChI=1S/C14H19N5O/c1-10-6-7-14(13(15)20,17-8-9-18-19-16)12-5-3-2-4-11(10)12/h2-5,10,17H,6-9H2,1H3,(H2,15,20). The molecule has 3 N–H and O–H groups in total. The fourth-order valence-corrected chi connectivity index (χ4v) is 2.93. The summed E-state index contributed by atoms with van der Waals surface area (Å²) in [6.45, 7) is 2.88. The molecule has 20 heavy (non-hydrogen) atoms. The molecule has 106 valence electrons. The lowest BCUT2D eigenvalue weighted by atomic mass is 9.72. The van der Waals surface area contributed by atoms with Crippen LogP contribution in [0.25, 0.3) is 10.4 Å². The Labute approximate surface area is 118 Å². The smallest absolute Gasteiger partial charge is 0.242 e. The molecule has 0 bridgehead atoms. The van der Waals surface area contributed by atoms with Crippen LogP contribution in [0.2, 0.25) is 0 Å². The van der Waals surface area contributed by atoms with Crippen molar-refractivity contribution < 1.29 is 4.79 Å². The van der Waals surface area contributed by atoms with Crippen molar-refractivity contribution in [3.8, 4) is 0 Å². The third kappa shape index (κ3) is 2.48. The zero-order valence-electron chi connectivity index (χ0n) is 11.5. The summed E-state index contributed by atoms with van der Waals surface area (Å²) in [4.78, 5) is 14.8. The summed E-state index contributed by atoms with van der Waals surface area (Å²) >= 11 is 0. The van der Waals surface area contributed by atoms with Gasteiger partial charge in [0.05, 0.1) is 0 Å². The fraction of sp³-hybridized carbons (Fsp3) is 0.500. The van der Waals surface area contributed by atoms with E-state index in [9.17, 15) is 4.79 Å². The van der Waals surface area contributed by atoms with Crippen molar-refractivity contribution in [3.63, 3.8) is 0 Å². The van der Waals surface area contributed by atoms with Crippen LogP contribution >= 0.6 is 0 Å². The number of carbonyl (C=O) groups is 1. The van der Waals surface area contributed by atoms with E-state index < -0.39 is 5.54 Å². The van der Waals surface area contributed by atoms with Gasteiger partial charge in [0.1, 0.15) is 5.54 Å². The van der Waals surface area contributed by atoms with Crippen molar-refractivity contribution in [2.24, 2.45) is 10.8 Å². The average Bonchev–Trinajstić information content (AvgIpc) is 2.46. The Morgan fingerprint density at radius 2 is 2.35 bits per heavy atom. The van der Waals surface area contributed by atoms with E-state index in [0.717, 1.165) is 17.5 Å². The van der Waals surface area contributed by atoms with Gasteiger partial charge in [0, 0.05) is 18.0 Å². The van der Waals surface area contributed by atoms with E-state index in [1.807, 2.05) is 24.3 Å². The zero-order chi connectivity index (χ0) is 14.6. The molecular formula is C14H19N5O. The second-order valence-electron chi connectivity index (χ2n) is 5.18. The molecule has 0 saturated heterocycles. The first-order chi connectivity index (χ1) is 9.62. The fourth-order valence-electron chi connectivity index (χ4n) is 2.93. The number of benzene rings is 1. The Morgan fingerprint density at radius 3 is 3.05 bits per heavy atom. The molecule has 0 aromatic heterocycles. The van der Waals surface area contributed by atoms with E-state index >= 15 is 0 Å². The summed E-state index contributed by atoms with van der Waals surface area (Å²) < 4.78 is 0. The summed E-state index contributed by atoms with van der Waals surface area (Å²) in [5, 5.41) is 6.69. The molecular weight excluding hydrogens is 254 g/mol. The van der Waals surface area contributed by atoms with Crippen molar-refractivity contribution in [1.29, 1.82) is 0 Å². The highest BCUT2D eigenvalue weighted by Gasteiger charge is 2.42. The van der Waals surface area contributed by atoms with Crippen LogP contribution in [-0.4, -0.2) is 19.0 Å². The van der Waals surface area contributed by atoms with E-state index in [4.69, 9.17) is 11.3 Å². The molecule has 0 fully saturated rings. The Balaban J connectivity index is 2.35. The Morgan fingerprint density at radius 1 is 1.60 bits per heavy atom. The molecule has 1 aromatic carbocycles. The molecule has 1 aliphatic rings. The molecule has 2 rings (SSSR count). The summed E-state index contributed by atoms with van der Waals surface area (Å²) in [5.41, 5.74) is 15.2. The van der Waals surface area contributed by atoms with Crippen LogP contribution in [0.5, 0.6) is 0 Å². The highest BCUT2D eigenvalue weighted by molar-refractivity contribution is 5.87. The van der Waals surface area contributed by atoms with E-state index in [0.29, 0.717) is 25.4 Å². The lowest BCUT2D eigenvalue weighted by Gasteiger charge is -2.39. The first-order valence-electron chi connectivity index (χ1n) is 6.77. The molecule has 0 radical (unpaired) electrons. The van der Waals surface area contributed by atoms with Crippen LogP contribution in [0.1, 0.15) is 36.8 Å². The molecule has 6 nitrogen and oxygen atoms in total. The third-order valence-corrected chi connectivity index (χ3v) is 4.03. The van der Waals surface area contributed by atoms with Gasteiger partial charge in [-0.25, -0.2) is 0 Å². The quantitative estimate of drug-likeness (QED) is 0.371. The van der Waals surface area contributed by atoms with Gasteiger partial charge in [-0.3, -0.25) is 10.1 Å². The number of hydrogen-bond donors (Lipinski definition) is 2. The number of primary amides is 1.